The van der Waals surface area contributed by atoms with Gasteiger partial charge in [-0.15, -0.1) is 0 Å². The summed E-state index contributed by atoms with van der Waals surface area (Å²) in [5.41, 5.74) is 1.28. The fourth-order valence-electron chi connectivity index (χ4n) is 3.98. The molecule has 1 aliphatic carbocycles. The minimum absolute atomic E-state index is 0.0281. The quantitative estimate of drug-likeness (QED) is 0.725. The van der Waals surface area contributed by atoms with Crippen LogP contribution in [0, 0.1) is 18.3 Å². The molecule has 1 fully saturated rings. The van der Waals surface area contributed by atoms with E-state index in [9.17, 15) is 9.59 Å². The third kappa shape index (κ3) is 5.49. The number of carbonyl (C=O) groups excluding carboxylic acids is 2. The van der Waals surface area contributed by atoms with Gasteiger partial charge in [-0.3, -0.25) is 9.59 Å². The number of rotatable bonds is 6. The molecule has 1 aromatic rings. The first-order valence-electron chi connectivity index (χ1n) is 10.2. The minimum atomic E-state index is -0.505. The Morgan fingerprint density at radius 2 is 1.96 bits per heavy atom. The molecule has 0 aromatic heterocycles. The van der Waals surface area contributed by atoms with Gasteiger partial charge in [-0.05, 0) is 58.9 Å². The van der Waals surface area contributed by atoms with Gasteiger partial charge >= 0.3 is 5.97 Å². The van der Waals surface area contributed by atoms with Crippen LogP contribution in [0.25, 0.3) is 0 Å². The van der Waals surface area contributed by atoms with E-state index in [2.05, 4.69) is 25.2 Å². The SMILES string of the molecule is CC(=O)OC1CC[C@@](C(=O)NCc2cc(C)ccc2OC(C)(C)C)(C(C)C)C1. The predicted molar refractivity (Wildman–Crippen MR) is 110 cm³/mol. The van der Waals surface area contributed by atoms with Gasteiger partial charge in [0.2, 0.25) is 5.91 Å². The first kappa shape index (κ1) is 22.3. The smallest absolute Gasteiger partial charge is 0.302 e. The number of ether oxygens (including phenoxy) is 2. The van der Waals surface area contributed by atoms with Crippen LogP contribution in [0.2, 0.25) is 0 Å². The van der Waals surface area contributed by atoms with Crippen LogP contribution in [0.4, 0.5) is 0 Å². The maximum absolute atomic E-state index is 13.2. The van der Waals surface area contributed by atoms with E-state index < -0.39 is 5.41 Å². The molecule has 1 aliphatic rings. The molecule has 0 saturated heterocycles. The molecule has 5 heteroatoms. The molecule has 1 saturated carbocycles. The van der Waals surface area contributed by atoms with E-state index >= 15 is 0 Å². The van der Waals surface area contributed by atoms with Crippen molar-refractivity contribution in [3.8, 4) is 5.75 Å². The molecule has 2 atom stereocenters. The molecule has 1 N–H and O–H groups in total. The maximum atomic E-state index is 13.2. The zero-order chi connectivity index (χ0) is 21.1. The summed E-state index contributed by atoms with van der Waals surface area (Å²) in [5, 5.41) is 3.13. The molecule has 0 aliphatic heterocycles. The van der Waals surface area contributed by atoms with Gasteiger partial charge in [0.1, 0.15) is 17.5 Å². The Morgan fingerprint density at radius 1 is 1.29 bits per heavy atom. The second-order valence-corrected chi connectivity index (χ2v) is 9.29. The predicted octanol–water partition coefficient (Wildman–Crippen LogP) is 4.55. The van der Waals surface area contributed by atoms with Crippen molar-refractivity contribution in [2.75, 3.05) is 0 Å². The van der Waals surface area contributed by atoms with Crippen LogP contribution in [-0.4, -0.2) is 23.6 Å². The van der Waals surface area contributed by atoms with E-state index in [0.29, 0.717) is 13.0 Å². The number of amides is 1. The van der Waals surface area contributed by atoms with Gasteiger partial charge in [0.05, 0.1) is 5.41 Å². The maximum Gasteiger partial charge on any atom is 0.302 e. The molecule has 0 radical (unpaired) electrons. The number of nitrogens with one attached hydrogen (secondary N) is 1. The van der Waals surface area contributed by atoms with Gasteiger partial charge in [-0.25, -0.2) is 0 Å². The average Bonchev–Trinajstić information content (AvgIpc) is 2.98. The largest absolute Gasteiger partial charge is 0.488 e. The number of hydrogen-bond acceptors (Lipinski definition) is 4. The zero-order valence-corrected chi connectivity index (χ0v) is 18.3. The van der Waals surface area contributed by atoms with E-state index in [1.807, 2.05) is 39.8 Å². The summed E-state index contributed by atoms with van der Waals surface area (Å²) in [7, 11) is 0. The highest BCUT2D eigenvalue weighted by atomic mass is 16.5. The van der Waals surface area contributed by atoms with Crippen LogP contribution in [0.15, 0.2) is 18.2 Å². The number of esters is 1. The van der Waals surface area contributed by atoms with Crippen LogP contribution < -0.4 is 10.1 Å². The van der Waals surface area contributed by atoms with Crippen molar-refractivity contribution in [3.05, 3.63) is 29.3 Å². The molecule has 0 bridgehead atoms. The molecule has 28 heavy (non-hydrogen) atoms. The van der Waals surface area contributed by atoms with E-state index in [-0.39, 0.29) is 29.5 Å². The van der Waals surface area contributed by atoms with Crippen LogP contribution in [0.3, 0.4) is 0 Å². The van der Waals surface area contributed by atoms with E-state index in [1.54, 1.807) is 0 Å². The summed E-state index contributed by atoms with van der Waals surface area (Å²) in [6.07, 6.45) is 1.86. The van der Waals surface area contributed by atoms with Gasteiger partial charge < -0.3 is 14.8 Å². The van der Waals surface area contributed by atoms with Gasteiger partial charge in [0.15, 0.2) is 0 Å². The summed E-state index contributed by atoms with van der Waals surface area (Å²) < 4.78 is 11.5. The number of benzene rings is 1. The Kier molecular flexibility index (Phi) is 6.79. The van der Waals surface area contributed by atoms with Crippen LogP contribution in [0.1, 0.15) is 71.9 Å². The zero-order valence-electron chi connectivity index (χ0n) is 18.3. The molecule has 156 valence electrons. The van der Waals surface area contributed by atoms with Crippen molar-refractivity contribution in [1.82, 2.24) is 5.32 Å². The van der Waals surface area contributed by atoms with Crippen molar-refractivity contribution < 1.29 is 19.1 Å². The molecule has 0 spiro atoms. The second kappa shape index (κ2) is 8.54. The Bertz CT molecular complexity index is 720. The van der Waals surface area contributed by atoms with Gasteiger partial charge in [0, 0.05) is 19.0 Å². The molecule has 0 heterocycles. The first-order chi connectivity index (χ1) is 12.9. The summed E-state index contributed by atoms with van der Waals surface area (Å²) in [6, 6.07) is 6.04. The van der Waals surface area contributed by atoms with E-state index in [0.717, 1.165) is 29.7 Å². The third-order valence-electron chi connectivity index (χ3n) is 5.47. The lowest BCUT2D eigenvalue weighted by Crippen LogP contribution is -2.43. The molecule has 1 unspecified atom stereocenters. The fourth-order valence-corrected chi connectivity index (χ4v) is 3.98. The lowest BCUT2D eigenvalue weighted by atomic mass is 9.74. The lowest BCUT2D eigenvalue weighted by molar-refractivity contribution is -0.147. The molecular weight excluding hydrogens is 354 g/mol. The van der Waals surface area contributed by atoms with Crippen molar-refractivity contribution in [2.45, 2.75) is 86.0 Å². The molecule has 1 amide bonds. The summed E-state index contributed by atoms with van der Waals surface area (Å²) in [5.74, 6) is 0.700. The summed E-state index contributed by atoms with van der Waals surface area (Å²) in [6.45, 7) is 14.0. The minimum Gasteiger partial charge on any atom is -0.488 e. The van der Waals surface area contributed by atoms with E-state index in [1.165, 1.54) is 6.92 Å². The highest BCUT2D eigenvalue weighted by molar-refractivity contribution is 5.83. The second-order valence-electron chi connectivity index (χ2n) is 9.29. The Labute approximate surface area is 169 Å². The molecular formula is C23H35NO4. The Balaban J connectivity index is 2.14. The lowest BCUT2D eigenvalue weighted by Gasteiger charge is -2.32. The van der Waals surface area contributed by atoms with Crippen LogP contribution >= 0.6 is 0 Å². The monoisotopic (exact) mass is 389 g/mol. The van der Waals surface area contributed by atoms with Gasteiger partial charge in [-0.2, -0.15) is 0 Å². The summed E-state index contributed by atoms with van der Waals surface area (Å²) in [4.78, 5) is 24.5. The molecule has 2 rings (SSSR count). The number of aryl methyl sites for hydroxylation is 1. The highest BCUT2D eigenvalue weighted by Gasteiger charge is 2.48. The molecule has 1 aromatic carbocycles. The fraction of sp³-hybridized carbons (Fsp3) is 0.652. The van der Waals surface area contributed by atoms with Crippen molar-refractivity contribution in [1.29, 1.82) is 0 Å². The third-order valence-corrected chi connectivity index (χ3v) is 5.47. The van der Waals surface area contributed by atoms with E-state index in [4.69, 9.17) is 9.47 Å². The van der Waals surface area contributed by atoms with Crippen LogP contribution in [-0.2, 0) is 20.9 Å². The first-order valence-corrected chi connectivity index (χ1v) is 10.2. The standard InChI is InChI=1S/C23H35NO4/c1-15(2)23(11-10-19(13-23)27-17(4)25)21(26)24-14-18-12-16(3)8-9-20(18)28-22(5,6)7/h8-9,12,15,19H,10-11,13-14H2,1-7H3,(H,24,26)/t19?,23-/m0/s1. The van der Waals surface area contributed by atoms with Gasteiger partial charge in [-0.1, -0.05) is 31.5 Å². The Morgan fingerprint density at radius 3 is 2.54 bits per heavy atom. The van der Waals surface area contributed by atoms with Crippen molar-refractivity contribution >= 4 is 11.9 Å². The van der Waals surface area contributed by atoms with Crippen molar-refractivity contribution in [2.24, 2.45) is 11.3 Å². The normalized spacial score (nSPS) is 22.2. The van der Waals surface area contributed by atoms with Crippen LogP contribution in [0.5, 0.6) is 5.75 Å². The Hall–Kier alpha value is -2.04. The molecule has 5 nitrogen and oxygen atoms in total. The summed E-state index contributed by atoms with van der Waals surface area (Å²) >= 11 is 0. The van der Waals surface area contributed by atoms with Crippen molar-refractivity contribution in [3.63, 3.8) is 0 Å². The average molecular weight is 390 g/mol. The topological polar surface area (TPSA) is 64.6 Å². The number of carbonyl (C=O) groups is 2. The number of hydrogen-bond donors (Lipinski definition) is 1. The highest BCUT2D eigenvalue weighted by Crippen LogP contribution is 2.45. The van der Waals surface area contributed by atoms with Gasteiger partial charge in [0.25, 0.3) is 0 Å².